The third-order valence-electron chi connectivity index (χ3n) is 3.92. The molecule has 0 saturated heterocycles. The Morgan fingerprint density at radius 1 is 0.724 bits per heavy atom. The number of rotatable bonds is 3. The van der Waals surface area contributed by atoms with Crippen molar-refractivity contribution >= 4 is 0 Å². The van der Waals surface area contributed by atoms with Crippen LogP contribution in [0.15, 0.2) is 91.0 Å². The molecule has 0 aliphatic heterocycles. The quantitative estimate of drug-likeness (QED) is 0.380. The van der Waals surface area contributed by atoms with Gasteiger partial charge in [0.1, 0.15) is 11.4 Å². The molecule has 0 atom stereocenters. The zero-order valence-corrected chi connectivity index (χ0v) is 17.4. The summed E-state index contributed by atoms with van der Waals surface area (Å²) < 4.78 is 0. The van der Waals surface area contributed by atoms with Gasteiger partial charge in [0.15, 0.2) is 0 Å². The molecule has 0 bridgehead atoms. The van der Waals surface area contributed by atoms with Gasteiger partial charge >= 0.3 is 0 Å². The van der Waals surface area contributed by atoms with Crippen molar-refractivity contribution in [3.05, 3.63) is 112 Å². The monoisotopic (exact) mass is 398 g/mol. The minimum absolute atomic E-state index is 0.322. The lowest BCUT2D eigenvalue weighted by Crippen LogP contribution is -2.19. The lowest BCUT2D eigenvalue weighted by Gasteiger charge is -2.20. The first-order valence-electron chi connectivity index (χ1n) is 9.20. The Kier molecular flexibility index (Phi) is 13.4. The van der Waals surface area contributed by atoms with Crippen LogP contribution in [0, 0.1) is 9.93 Å². The number of para-hydroxylation sites is 1. The maximum absolute atomic E-state index is 8.63. The molecule has 3 rings (SSSR count). The molecule has 156 valence electrons. The van der Waals surface area contributed by atoms with Gasteiger partial charge in [0.05, 0.1) is 0 Å². The molecule has 0 saturated carbocycles. The molecular weight excluding hydrogens is 368 g/mol. The summed E-state index contributed by atoms with van der Waals surface area (Å²) >= 11 is 0. The van der Waals surface area contributed by atoms with Gasteiger partial charge < -0.3 is 5.11 Å². The summed E-state index contributed by atoms with van der Waals surface area (Å²) in [5, 5.41) is 17.2. The molecule has 0 aromatic heterocycles. The van der Waals surface area contributed by atoms with Gasteiger partial charge in [-0.1, -0.05) is 92.7 Å². The molecule has 3 aromatic rings. The standard InChI is InChI=1S/C9H12O2.C9H12.C6H6O.O2/c1-9(2,11-10)8-6-4-3-5-7-8;1-8(2)9-6-4-3-5-7-9;7-6-4-2-1-3-5-6;1-2/h3-7,10H,1-2H3;3-8H,1-2H3;1-5,7H;. The lowest BCUT2D eigenvalue weighted by molar-refractivity contribution is -0.318. The molecule has 0 fully saturated rings. The molecule has 0 aliphatic rings. The van der Waals surface area contributed by atoms with E-state index >= 15 is 0 Å². The lowest BCUT2D eigenvalue weighted by atomic mass is 9.99. The van der Waals surface area contributed by atoms with Crippen LogP contribution in [0.25, 0.3) is 0 Å². The van der Waals surface area contributed by atoms with E-state index < -0.39 is 5.60 Å². The maximum atomic E-state index is 8.63. The number of aromatic hydroxyl groups is 1. The summed E-state index contributed by atoms with van der Waals surface area (Å²) in [5.41, 5.74) is 1.77. The molecule has 29 heavy (non-hydrogen) atoms. The third kappa shape index (κ3) is 11.4. The van der Waals surface area contributed by atoms with E-state index in [0.29, 0.717) is 11.7 Å². The fraction of sp³-hybridized carbons (Fsp3) is 0.250. The van der Waals surface area contributed by atoms with Crippen LogP contribution in [-0.4, -0.2) is 10.4 Å². The van der Waals surface area contributed by atoms with Crippen molar-refractivity contribution < 1.29 is 15.3 Å². The summed E-state index contributed by atoms with van der Waals surface area (Å²) in [6.45, 7) is 8.02. The Morgan fingerprint density at radius 2 is 1.10 bits per heavy atom. The predicted octanol–water partition coefficient (Wildman–Crippen LogP) is 6.68. The molecule has 0 spiro atoms. The Balaban J connectivity index is 0.000000397. The molecule has 5 nitrogen and oxygen atoms in total. The number of hydrogen-bond acceptors (Lipinski definition) is 5. The third-order valence-corrected chi connectivity index (χ3v) is 3.92. The molecule has 0 unspecified atom stereocenters. The van der Waals surface area contributed by atoms with E-state index in [1.165, 1.54) is 5.56 Å². The number of benzene rings is 3. The topological polar surface area (TPSA) is 83.8 Å². The average molecular weight is 398 g/mol. The highest BCUT2D eigenvalue weighted by atomic mass is 17.1. The smallest absolute Gasteiger partial charge is 0.123 e. The first-order valence-corrected chi connectivity index (χ1v) is 9.20. The predicted molar refractivity (Wildman–Crippen MR) is 119 cm³/mol. The highest BCUT2D eigenvalue weighted by Crippen LogP contribution is 2.22. The zero-order chi connectivity index (χ0) is 22.1. The second-order valence-electron chi connectivity index (χ2n) is 6.87. The Morgan fingerprint density at radius 3 is 1.38 bits per heavy atom. The summed E-state index contributed by atoms with van der Waals surface area (Å²) in [4.78, 5) is 18.3. The summed E-state index contributed by atoms with van der Waals surface area (Å²) in [6.07, 6.45) is 0. The largest absolute Gasteiger partial charge is 0.508 e. The van der Waals surface area contributed by atoms with Crippen molar-refractivity contribution in [1.82, 2.24) is 0 Å². The first-order chi connectivity index (χ1) is 13.9. The van der Waals surface area contributed by atoms with E-state index in [-0.39, 0.29) is 0 Å². The normalized spacial score (nSPS) is 9.72. The Labute approximate surface area is 172 Å². The van der Waals surface area contributed by atoms with Crippen molar-refractivity contribution in [1.29, 1.82) is 0 Å². The fourth-order valence-corrected chi connectivity index (χ4v) is 2.16. The number of phenols is 1. The van der Waals surface area contributed by atoms with Crippen LogP contribution >= 0.6 is 0 Å². The van der Waals surface area contributed by atoms with E-state index in [2.05, 4.69) is 43.0 Å². The van der Waals surface area contributed by atoms with E-state index in [9.17, 15) is 0 Å². The minimum atomic E-state index is -0.610. The number of hydrogen-bond donors (Lipinski definition) is 2. The molecule has 0 amide bonds. The van der Waals surface area contributed by atoms with Crippen LogP contribution in [0.2, 0.25) is 0 Å². The Hall–Kier alpha value is -3.02. The van der Waals surface area contributed by atoms with Crippen LogP contribution < -0.4 is 0 Å². The summed E-state index contributed by atoms with van der Waals surface area (Å²) in [5.74, 6) is 0.980. The van der Waals surface area contributed by atoms with Gasteiger partial charge in [0.2, 0.25) is 0 Å². The Bertz CT molecular complexity index is 744. The summed E-state index contributed by atoms with van der Waals surface area (Å²) in [7, 11) is 0. The molecule has 0 heterocycles. The molecule has 2 N–H and O–H groups in total. The SMILES string of the molecule is CC(C)(OO)c1ccccc1.CC(C)c1ccccc1.O=O.Oc1ccccc1. The van der Waals surface area contributed by atoms with Crippen molar-refractivity contribution in [3.8, 4) is 5.75 Å². The highest BCUT2D eigenvalue weighted by molar-refractivity contribution is 5.20. The summed E-state index contributed by atoms with van der Waals surface area (Å²) in [6, 6.07) is 28.8. The molecule has 3 aromatic carbocycles. The second kappa shape index (κ2) is 15.0. The van der Waals surface area contributed by atoms with Crippen molar-refractivity contribution in [2.75, 3.05) is 0 Å². The van der Waals surface area contributed by atoms with Crippen LogP contribution in [0.3, 0.4) is 0 Å². The molecular formula is C24H30O5. The van der Waals surface area contributed by atoms with Gasteiger partial charge in [0.25, 0.3) is 0 Å². The van der Waals surface area contributed by atoms with Gasteiger partial charge in [-0.05, 0) is 43.0 Å². The van der Waals surface area contributed by atoms with E-state index in [1.54, 1.807) is 24.3 Å². The van der Waals surface area contributed by atoms with E-state index in [1.807, 2.05) is 56.3 Å². The molecule has 0 aliphatic carbocycles. The van der Waals surface area contributed by atoms with Crippen LogP contribution in [0.4, 0.5) is 0 Å². The van der Waals surface area contributed by atoms with Crippen molar-refractivity contribution in [2.24, 2.45) is 0 Å². The number of phenolic OH excluding ortho intramolecular Hbond substituents is 1. The average Bonchev–Trinajstić information content (AvgIpc) is 2.78. The molecule has 0 radical (unpaired) electrons. The van der Waals surface area contributed by atoms with E-state index in [4.69, 9.17) is 20.3 Å². The minimum Gasteiger partial charge on any atom is -0.508 e. The van der Waals surface area contributed by atoms with Crippen molar-refractivity contribution in [2.45, 2.75) is 39.2 Å². The highest BCUT2D eigenvalue weighted by Gasteiger charge is 2.20. The maximum Gasteiger partial charge on any atom is 0.123 e. The second-order valence-corrected chi connectivity index (χ2v) is 6.87. The fourth-order valence-electron chi connectivity index (χ4n) is 2.16. The van der Waals surface area contributed by atoms with Gasteiger partial charge in [-0.15, -0.1) is 0 Å². The first kappa shape index (κ1) is 26.0. The van der Waals surface area contributed by atoms with Gasteiger partial charge in [-0.2, -0.15) is 0 Å². The van der Waals surface area contributed by atoms with Gasteiger partial charge in [-0.25, -0.2) is 4.89 Å². The van der Waals surface area contributed by atoms with E-state index in [0.717, 1.165) is 5.56 Å². The van der Waals surface area contributed by atoms with Crippen LogP contribution in [-0.2, 0) is 10.5 Å². The van der Waals surface area contributed by atoms with Gasteiger partial charge in [-0.3, -0.25) is 5.26 Å². The van der Waals surface area contributed by atoms with Crippen LogP contribution in [0.5, 0.6) is 5.75 Å². The van der Waals surface area contributed by atoms with Gasteiger partial charge in [0, 0.05) is 9.93 Å². The van der Waals surface area contributed by atoms with Crippen LogP contribution in [0.1, 0.15) is 44.7 Å². The molecule has 5 heteroatoms. The van der Waals surface area contributed by atoms with Crippen molar-refractivity contribution in [3.63, 3.8) is 0 Å². The zero-order valence-electron chi connectivity index (χ0n) is 17.4.